The summed E-state index contributed by atoms with van der Waals surface area (Å²) in [4.78, 5) is 20.2. The van der Waals surface area contributed by atoms with E-state index in [-0.39, 0.29) is 12.5 Å². The lowest BCUT2D eigenvalue weighted by atomic mass is 10.4. The number of ether oxygens (including phenoxy) is 1. The standard InChI is InChI=1S/C14H25N5O2/c1-4-7-16-11-8-12(17-9-14(20)15-5-2)19-13(18-11)10-21-6-3/h8H,4-7,9-10H2,1-3H3,(H,15,20)(H2,16,17,18,19). The lowest BCUT2D eigenvalue weighted by molar-refractivity contribution is -0.119. The zero-order chi connectivity index (χ0) is 15.5. The summed E-state index contributed by atoms with van der Waals surface area (Å²) in [6.07, 6.45) is 1.01. The highest BCUT2D eigenvalue weighted by Crippen LogP contribution is 2.12. The molecule has 1 aromatic heterocycles. The number of hydrogen-bond donors (Lipinski definition) is 3. The number of amides is 1. The molecule has 0 fully saturated rings. The minimum atomic E-state index is -0.0643. The Bertz CT molecular complexity index is 413. The Balaban J connectivity index is 2.72. The molecule has 118 valence electrons. The van der Waals surface area contributed by atoms with E-state index >= 15 is 0 Å². The highest BCUT2D eigenvalue weighted by Gasteiger charge is 2.06. The molecule has 0 aliphatic heterocycles. The van der Waals surface area contributed by atoms with Gasteiger partial charge in [0.1, 0.15) is 18.2 Å². The second-order valence-electron chi connectivity index (χ2n) is 4.43. The van der Waals surface area contributed by atoms with Gasteiger partial charge in [-0.3, -0.25) is 4.79 Å². The van der Waals surface area contributed by atoms with Crippen molar-refractivity contribution in [1.82, 2.24) is 15.3 Å². The molecule has 0 aliphatic carbocycles. The van der Waals surface area contributed by atoms with E-state index in [9.17, 15) is 4.79 Å². The summed E-state index contributed by atoms with van der Waals surface area (Å²) in [6.45, 7) is 8.49. The molecule has 1 rings (SSSR count). The maximum Gasteiger partial charge on any atom is 0.239 e. The number of hydrogen-bond acceptors (Lipinski definition) is 6. The molecule has 0 aromatic carbocycles. The molecule has 7 nitrogen and oxygen atoms in total. The molecule has 0 radical (unpaired) electrons. The average molecular weight is 295 g/mol. The van der Waals surface area contributed by atoms with E-state index in [1.807, 2.05) is 13.8 Å². The van der Waals surface area contributed by atoms with E-state index in [0.717, 1.165) is 18.8 Å². The van der Waals surface area contributed by atoms with Crippen LogP contribution in [0.25, 0.3) is 0 Å². The van der Waals surface area contributed by atoms with E-state index in [0.29, 0.717) is 31.4 Å². The van der Waals surface area contributed by atoms with Crippen LogP contribution >= 0.6 is 0 Å². The molecule has 0 aliphatic rings. The minimum absolute atomic E-state index is 0.0643. The zero-order valence-corrected chi connectivity index (χ0v) is 13.0. The molecule has 0 saturated heterocycles. The van der Waals surface area contributed by atoms with Crippen molar-refractivity contribution in [3.63, 3.8) is 0 Å². The molecule has 0 bridgehead atoms. The van der Waals surface area contributed by atoms with E-state index in [4.69, 9.17) is 4.74 Å². The molecular formula is C14H25N5O2. The van der Waals surface area contributed by atoms with Crippen LogP contribution in [0.2, 0.25) is 0 Å². The predicted octanol–water partition coefficient (Wildman–Crippen LogP) is 1.38. The maximum atomic E-state index is 11.5. The van der Waals surface area contributed by atoms with Gasteiger partial charge in [0.25, 0.3) is 0 Å². The van der Waals surface area contributed by atoms with Gasteiger partial charge in [-0.2, -0.15) is 0 Å². The third kappa shape index (κ3) is 6.89. The van der Waals surface area contributed by atoms with Crippen LogP contribution in [0.1, 0.15) is 33.0 Å². The molecule has 3 N–H and O–H groups in total. The van der Waals surface area contributed by atoms with Crippen molar-refractivity contribution in [1.29, 1.82) is 0 Å². The average Bonchev–Trinajstić information content (AvgIpc) is 2.49. The summed E-state index contributed by atoms with van der Waals surface area (Å²) in [5.41, 5.74) is 0. The highest BCUT2D eigenvalue weighted by atomic mass is 16.5. The van der Waals surface area contributed by atoms with Crippen LogP contribution in [-0.4, -0.2) is 42.1 Å². The maximum absolute atomic E-state index is 11.5. The van der Waals surface area contributed by atoms with Crippen LogP contribution in [0.3, 0.4) is 0 Å². The fourth-order valence-electron chi connectivity index (χ4n) is 1.62. The SMILES string of the molecule is CCCNc1cc(NCC(=O)NCC)nc(COCC)n1. The molecular weight excluding hydrogens is 270 g/mol. The van der Waals surface area contributed by atoms with Crippen LogP contribution in [0.4, 0.5) is 11.6 Å². The summed E-state index contributed by atoms with van der Waals surface area (Å²) >= 11 is 0. The molecule has 21 heavy (non-hydrogen) atoms. The Morgan fingerprint density at radius 2 is 1.90 bits per heavy atom. The molecule has 1 aromatic rings. The minimum Gasteiger partial charge on any atom is -0.374 e. The molecule has 1 amide bonds. The van der Waals surface area contributed by atoms with Gasteiger partial charge in [-0.25, -0.2) is 9.97 Å². The van der Waals surface area contributed by atoms with Crippen molar-refractivity contribution in [2.24, 2.45) is 0 Å². The second kappa shape index (κ2) is 9.93. The molecule has 0 atom stereocenters. The summed E-state index contributed by atoms with van der Waals surface area (Å²) in [5, 5.41) is 8.95. The summed E-state index contributed by atoms with van der Waals surface area (Å²) in [6, 6.07) is 1.80. The number of likely N-dealkylation sites (N-methyl/N-ethyl adjacent to an activating group) is 1. The first-order valence-electron chi connectivity index (χ1n) is 7.39. The Morgan fingerprint density at radius 1 is 1.19 bits per heavy atom. The van der Waals surface area contributed by atoms with Crippen molar-refractivity contribution in [2.45, 2.75) is 33.8 Å². The van der Waals surface area contributed by atoms with E-state index < -0.39 is 0 Å². The normalized spacial score (nSPS) is 10.2. The number of aromatic nitrogens is 2. The van der Waals surface area contributed by atoms with Gasteiger partial charge in [0, 0.05) is 25.8 Å². The number of nitrogens with zero attached hydrogens (tertiary/aromatic N) is 2. The van der Waals surface area contributed by atoms with Gasteiger partial charge in [-0.05, 0) is 20.3 Å². The molecule has 0 saturated carbocycles. The fourth-order valence-corrected chi connectivity index (χ4v) is 1.62. The van der Waals surface area contributed by atoms with Crippen LogP contribution < -0.4 is 16.0 Å². The number of nitrogens with one attached hydrogen (secondary N) is 3. The van der Waals surface area contributed by atoms with Crippen LogP contribution in [-0.2, 0) is 16.1 Å². The number of carbonyl (C=O) groups excluding carboxylic acids is 1. The number of rotatable bonds is 10. The van der Waals surface area contributed by atoms with Crippen LogP contribution in [0.5, 0.6) is 0 Å². The first-order chi connectivity index (χ1) is 10.2. The summed E-state index contributed by atoms with van der Waals surface area (Å²) in [5.74, 6) is 1.88. The Hall–Kier alpha value is -1.89. The first kappa shape index (κ1) is 17.2. The third-order valence-corrected chi connectivity index (χ3v) is 2.57. The number of carbonyl (C=O) groups is 1. The fraction of sp³-hybridized carbons (Fsp3) is 0.643. The highest BCUT2D eigenvalue weighted by molar-refractivity contribution is 5.80. The van der Waals surface area contributed by atoms with E-state index in [1.165, 1.54) is 0 Å². The monoisotopic (exact) mass is 295 g/mol. The predicted molar refractivity (Wildman–Crippen MR) is 83.3 cm³/mol. The Morgan fingerprint density at radius 3 is 2.52 bits per heavy atom. The van der Waals surface area contributed by atoms with Gasteiger partial charge < -0.3 is 20.7 Å². The van der Waals surface area contributed by atoms with Gasteiger partial charge in [0.05, 0.1) is 6.54 Å². The van der Waals surface area contributed by atoms with Crippen molar-refractivity contribution in [3.05, 3.63) is 11.9 Å². The van der Waals surface area contributed by atoms with Gasteiger partial charge in [-0.1, -0.05) is 6.92 Å². The third-order valence-electron chi connectivity index (χ3n) is 2.57. The lowest BCUT2D eigenvalue weighted by Crippen LogP contribution is -2.29. The Labute approximate surface area is 125 Å². The smallest absolute Gasteiger partial charge is 0.239 e. The van der Waals surface area contributed by atoms with E-state index in [2.05, 4.69) is 32.8 Å². The van der Waals surface area contributed by atoms with Crippen LogP contribution in [0, 0.1) is 0 Å². The van der Waals surface area contributed by atoms with Gasteiger partial charge >= 0.3 is 0 Å². The van der Waals surface area contributed by atoms with Crippen molar-refractivity contribution in [3.8, 4) is 0 Å². The molecule has 0 spiro atoms. The number of anilines is 2. The van der Waals surface area contributed by atoms with Gasteiger partial charge in [-0.15, -0.1) is 0 Å². The molecule has 7 heteroatoms. The Kier molecular flexibility index (Phi) is 8.11. The summed E-state index contributed by atoms with van der Waals surface area (Å²) in [7, 11) is 0. The molecule has 1 heterocycles. The topological polar surface area (TPSA) is 88.2 Å². The van der Waals surface area contributed by atoms with Crippen LogP contribution in [0.15, 0.2) is 6.07 Å². The zero-order valence-electron chi connectivity index (χ0n) is 13.0. The van der Waals surface area contributed by atoms with Gasteiger partial charge in [0.2, 0.25) is 5.91 Å². The van der Waals surface area contributed by atoms with E-state index in [1.54, 1.807) is 6.07 Å². The van der Waals surface area contributed by atoms with Crippen molar-refractivity contribution < 1.29 is 9.53 Å². The quantitative estimate of drug-likeness (QED) is 0.604. The van der Waals surface area contributed by atoms with Crippen molar-refractivity contribution in [2.75, 3.05) is 36.9 Å². The summed E-state index contributed by atoms with van der Waals surface area (Å²) < 4.78 is 5.34. The van der Waals surface area contributed by atoms with Gasteiger partial charge in [0.15, 0.2) is 5.82 Å². The second-order valence-corrected chi connectivity index (χ2v) is 4.43. The largest absolute Gasteiger partial charge is 0.374 e. The van der Waals surface area contributed by atoms with Crippen molar-refractivity contribution >= 4 is 17.5 Å². The molecule has 0 unspecified atom stereocenters. The first-order valence-corrected chi connectivity index (χ1v) is 7.39. The lowest BCUT2D eigenvalue weighted by Gasteiger charge is -2.11.